The van der Waals surface area contributed by atoms with E-state index >= 15 is 0 Å². The smallest absolute Gasteiger partial charge is 0.0425 e. The first-order valence-electron chi connectivity index (χ1n) is 9.49. The highest BCUT2D eigenvalue weighted by molar-refractivity contribution is 7.68. The van der Waals surface area contributed by atoms with Gasteiger partial charge in [-0.05, 0) is 49.4 Å². The van der Waals surface area contributed by atoms with Crippen molar-refractivity contribution in [3.05, 3.63) is 23.9 Å². The van der Waals surface area contributed by atoms with E-state index in [0.717, 1.165) is 23.4 Å². The molecule has 0 fully saturated rings. The lowest BCUT2D eigenvalue weighted by molar-refractivity contribution is 0.689. The zero-order chi connectivity index (χ0) is 16.6. The van der Waals surface area contributed by atoms with Crippen LogP contribution in [0.5, 0.6) is 0 Å². The molecule has 0 saturated heterocycles. The summed E-state index contributed by atoms with van der Waals surface area (Å²) in [5, 5.41) is 0. The van der Waals surface area contributed by atoms with E-state index in [1.807, 2.05) is 0 Å². The van der Waals surface area contributed by atoms with Gasteiger partial charge in [-0.15, -0.1) is 0 Å². The zero-order valence-corrected chi connectivity index (χ0v) is 16.7. The van der Waals surface area contributed by atoms with Gasteiger partial charge in [-0.2, -0.15) is 0 Å². The zero-order valence-electron chi connectivity index (χ0n) is 15.8. The second-order valence-electron chi connectivity index (χ2n) is 7.10. The van der Waals surface area contributed by atoms with Gasteiger partial charge in [0.15, 0.2) is 0 Å². The topological polar surface area (TPSA) is 12.4 Å². The molecule has 0 aromatic carbocycles. The molecular weight excluding hydrogens is 285 g/mol. The Hall–Kier alpha value is -0.290. The molecule has 0 bridgehead atoms. The Balaban J connectivity index is 3.33. The monoisotopic (exact) mass is 323 g/mol. The van der Waals surface area contributed by atoms with E-state index in [2.05, 4.69) is 59.8 Å². The third kappa shape index (κ3) is 4.60. The standard InChI is InChI=1S/C20H38NP/c1-7-12-17(4)22(18(5)13-8-2,19(6)14-9-3)21-20-15-10-11-16-20/h10-11,15,17-19H,7-9,12-14,16H2,1-6H3. The number of hydrogen-bond donors (Lipinski definition) is 0. The highest BCUT2D eigenvalue weighted by atomic mass is 31.2. The number of allylic oxidation sites excluding steroid dienone is 3. The van der Waals surface area contributed by atoms with Crippen LogP contribution in [0.1, 0.15) is 86.5 Å². The first-order chi connectivity index (χ1) is 10.5. The van der Waals surface area contributed by atoms with Crippen LogP contribution in [0, 0.1) is 0 Å². The maximum absolute atomic E-state index is 5.57. The van der Waals surface area contributed by atoms with Crippen molar-refractivity contribution in [2.75, 3.05) is 0 Å². The molecule has 1 nitrogen and oxygen atoms in total. The van der Waals surface area contributed by atoms with Crippen LogP contribution in [0.2, 0.25) is 0 Å². The molecule has 2 heteroatoms. The summed E-state index contributed by atoms with van der Waals surface area (Å²) in [5.41, 5.74) is 3.65. The van der Waals surface area contributed by atoms with Crippen molar-refractivity contribution in [2.45, 2.75) is 103 Å². The maximum atomic E-state index is 5.57. The normalized spacial score (nSPS) is 21.1. The molecule has 22 heavy (non-hydrogen) atoms. The van der Waals surface area contributed by atoms with Gasteiger partial charge in [-0.3, -0.25) is 4.74 Å². The lowest BCUT2D eigenvalue weighted by Gasteiger charge is -2.41. The van der Waals surface area contributed by atoms with Gasteiger partial charge >= 0.3 is 0 Å². The molecule has 3 unspecified atom stereocenters. The molecule has 3 atom stereocenters. The minimum Gasteiger partial charge on any atom is -0.271 e. The lowest BCUT2D eigenvalue weighted by Crippen LogP contribution is -2.23. The molecule has 0 aromatic heterocycles. The van der Waals surface area contributed by atoms with E-state index in [-0.39, 0.29) is 0 Å². The predicted molar refractivity (Wildman–Crippen MR) is 104 cm³/mol. The van der Waals surface area contributed by atoms with E-state index in [1.54, 1.807) is 0 Å². The minimum absolute atomic E-state index is 0.766. The summed E-state index contributed by atoms with van der Waals surface area (Å²) in [4.78, 5) is 0. The second-order valence-corrected chi connectivity index (χ2v) is 11.5. The fourth-order valence-corrected chi connectivity index (χ4v) is 10.0. The minimum atomic E-state index is -1.35. The van der Waals surface area contributed by atoms with Gasteiger partial charge in [-0.1, -0.05) is 73.0 Å². The summed E-state index contributed by atoms with van der Waals surface area (Å²) in [7, 11) is -1.35. The highest BCUT2D eigenvalue weighted by Gasteiger charge is 2.36. The summed E-state index contributed by atoms with van der Waals surface area (Å²) in [6.07, 6.45) is 15.6. The van der Waals surface area contributed by atoms with Gasteiger partial charge in [0.2, 0.25) is 0 Å². The molecule has 0 N–H and O–H groups in total. The molecule has 128 valence electrons. The Labute approximate surface area is 139 Å². The van der Waals surface area contributed by atoms with E-state index in [0.29, 0.717) is 0 Å². The Morgan fingerprint density at radius 2 is 1.36 bits per heavy atom. The van der Waals surface area contributed by atoms with Crippen molar-refractivity contribution in [2.24, 2.45) is 4.74 Å². The van der Waals surface area contributed by atoms with E-state index in [4.69, 9.17) is 4.74 Å². The molecule has 1 aliphatic carbocycles. The van der Waals surface area contributed by atoms with Crippen molar-refractivity contribution < 1.29 is 0 Å². The molecule has 0 amide bonds. The molecule has 0 aromatic rings. The summed E-state index contributed by atoms with van der Waals surface area (Å²) in [6, 6.07) is 0. The van der Waals surface area contributed by atoms with Crippen LogP contribution in [0.25, 0.3) is 0 Å². The number of rotatable bonds is 10. The van der Waals surface area contributed by atoms with Crippen molar-refractivity contribution in [1.82, 2.24) is 0 Å². The van der Waals surface area contributed by atoms with Crippen LogP contribution >= 0.6 is 7.05 Å². The van der Waals surface area contributed by atoms with Crippen LogP contribution in [-0.2, 0) is 0 Å². The van der Waals surface area contributed by atoms with Gasteiger partial charge in [0, 0.05) is 12.1 Å². The van der Waals surface area contributed by atoms with E-state index in [9.17, 15) is 0 Å². The molecule has 0 heterocycles. The molecule has 1 rings (SSSR count). The second kappa shape index (κ2) is 9.76. The van der Waals surface area contributed by atoms with Crippen molar-refractivity contribution in [3.8, 4) is 0 Å². The van der Waals surface area contributed by atoms with Crippen molar-refractivity contribution in [3.63, 3.8) is 0 Å². The quantitative estimate of drug-likeness (QED) is 0.367. The summed E-state index contributed by atoms with van der Waals surface area (Å²) in [6.45, 7) is 14.5. The van der Waals surface area contributed by atoms with Gasteiger partial charge in [0.1, 0.15) is 0 Å². The van der Waals surface area contributed by atoms with Crippen molar-refractivity contribution >= 4 is 7.05 Å². The van der Waals surface area contributed by atoms with E-state index in [1.165, 1.54) is 44.2 Å². The predicted octanol–water partition coefficient (Wildman–Crippen LogP) is 7.60. The van der Waals surface area contributed by atoms with Gasteiger partial charge in [-0.25, -0.2) is 0 Å². The van der Waals surface area contributed by atoms with Crippen LogP contribution in [0.4, 0.5) is 0 Å². The van der Waals surface area contributed by atoms with Gasteiger partial charge in [0.05, 0.1) is 0 Å². The first-order valence-corrected chi connectivity index (χ1v) is 11.4. The SMILES string of the molecule is CCCC(C)P(=NC1=CC=CC1)(C(C)CCC)C(C)CCC. The summed E-state index contributed by atoms with van der Waals surface area (Å²) >= 11 is 0. The Bertz CT molecular complexity index is 395. The Morgan fingerprint density at radius 1 is 0.909 bits per heavy atom. The third-order valence-electron chi connectivity index (χ3n) is 5.29. The number of hydrogen-bond acceptors (Lipinski definition) is 1. The molecule has 0 saturated carbocycles. The average Bonchev–Trinajstić information content (AvgIpc) is 2.98. The summed E-state index contributed by atoms with van der Waals surface area (Å²) in [5.74, 6) is 0. The molecule has 0 aliphatic heterocycles. The van der Waals surface area contributed by atoms with Crippen molar-refractivity contribution in [1.29, 1.82) is 0 Å². The van der Waals surface area contributed by atoms with Crippen LogP contribution in [0.3, 0.4) is 0 Å². The molecule has 0 radical (unpaired) electrons. The Morgan fingerprint density at radius 3 is 1.68 bits per heavy atom. The molecule has 1 aliphatic rings. The summed E-state index contributed by atoms with van der Waals surface area (Å²) < 4.78 is 5.57. The fraction of sp³-hybridized carbons (Fsp3) is 0.800. The lowest BCUT2D eigenvalue weighted by atomic mass is 10.2. The third-order valence-corrected chi connectivity index (χ3v) is 10.9. The fourth-order valence-electron chi connectivity index (χ4n) is 4.21. The van der Waals surface area contributed by atoms with Gasteiger partial charge < -0.3 is 0 Å². The number of nitrogens with zero attached hydrogens (tertiary/aromatic N) is 1. The largest absolute Gasteiger partial charge is 0.271 e. The maximum Gasteiger partial charge on any atom is 0.0425 e. The van der Waals surface area contributed by atoms with E-state index < -0.39 is 7.05 Å². The Kier molecular flexibility index (Phi) is 8.77. The average molecular weight is 324 g/mol. The highest BCUT2D eigenvalue weighted by Crippen LogP contribution is 2.66. The van der Waals surface area contributed by atoms with Crippen LogP contribution in [-0.4, -0.2) is 17.0 Å². The van der Waals surface area contributed by atoms with Crippen LogP contribution < -0.4 is 0 Å². The molecular formula is C20H38NP. The molecule has 0 spiro atoms. The first kappa shape index (κ1) is 19.8. The van der Waals surface area contributed by atoms with Gasteiger partial charge in [0.25, 0.3) is 0 Å². The van der Waals surface area contributed by atoms with Crippen LogP contribution in [0.15, 0.2) is 28.7 Å².